The lowest BCUT2D eigenvalue weighted by Gasteiger charge is -2.12. The first-order valence-corrected chi connectivity index (χ1v) is 8.68. The molecule has 6 nitrogen and oxygen atoms in total. The fraction of sp³-hybridized carbons (Fsp3) is 0.0909. The number of aliphatic hydroxyl groups is 1. The lowest BCUT2D eigenvalue weighted by molar-refractivity contribution is 0.104. The Labute approximate surface area is 163 Å². The molecule has 0 aliphatic heterocycles. The quantitative estimate of drug-likeness (QED) is 0.330. The second-order valence-electron chi connectivity index (χ2n) is 6.07. The van der Waals surface area contributed by atoms with E-state index in [9.17, 15) is 9.90 Å². The Kier molecular flexibility index (Phi) is 6.04. The van der Waals surface area contributed by atoms with Gasteiger partial charge >= 0.3 is 0 Å². The van der Waals surface area contributed by atoms with Crippen molar-refractivity contribution in [3.05, 3.63) is 83.6 Å². The number of pyridine rings is 1. The van der Waals surface area contributed by atoms with E-state index in [-0.39, 0.29) is 12.4 Å². The van der Waals surface area contributed by atoms with Gasteiger partial charge in [-0.3, -0.25) is 4.79 Å². The number of hydrogen-bond acceptors (Lipinski definition) is 6. The molecule has 1 aromatic heterocycles. The van der Waals surface area contributed by atoms with E-state index in [0.717, 1.165) is 11.3 Å². The van der Waals surface area contributed by atoms with Gasteiger partial charge in [-0.15, -0.1) is 0 Å². The molecule has 1 heterocycles. The second-order valence-corrected chi connectivity index (χ2v) is 6.07. The maximum Gasteiger partial charge on any atom is 0.185 e. The average Bonchev–Trinajstić information content (AvgIpc) is 2.73. The minimum Gasteiger partial charge on any atom is -0.496 e. The maximum atomic E-state index is 12.3. The molecule has 0 bridgehead atoms. The number of ether oxygens (including phenoxy) is 1. The summed E-state index contributed by atoms with van der Waals surface area (Å²) in [4.78, 5) is 16.7. The van der Waals surface area contributed by atoms with Crippen LogP contribution in [0.15, 0.2) is 66.9 Å². The number of methoxy groups -OCH3 is 1. The molecule has 0 aliphatic carbocycles. The van der Waals surface area contributed by atoms with Gasteiger partial charge in [0.25, 0.3) is 0 Å². The molecule has 0 radical (unpaired) electrons. The van der Waals surface area contributed by atoms with Crippen molar-refractivity contribution in [3.8, 4) is 5.75 Å². The summed E-state index contributed by atoms with van der Waals surface area (Å²) < 4.78 is 5.29. The van der Waals surface area contributed by atoms with E-state index in [4.69, 9.17) is 10.5 Å². The third-order valence-electron chi connectivity index (χ3n) is 4.17. The van der Waals surface area contributed by atoms with Gasteiger partial charge in [-0.2, -0.15) is 0 Å². The van der Waals surface area contributed by atoms with Gasteiger partial charge in [0, 0.05) is 40.3 Å². The molecule has 142 valence electrons. The highest BCUT2D eigenvalue weighted by atomic mass is 16.5. The maximum absolute atomic E-state index is 12.3. The number of nitrogens with one attached hydrogen (secondary N) is 1. The van der Waals surface area contributed by atoms with E-state index in [1.165, 1.54) is 6.08 Å². The molecule has 0 fully saturated rings. The number of carbonyl (C=O) groups is 1. The molecule has 2 aromatic carbocycles. The summed E-state index contributed by atoms with van der Waals surface area (Å²) in [7, 11) is 1.55. The zero-order valence-electron chi connectivity index (χ0n) is 15.4. The number of hydrogen-bond donors (Lipinski definition) is 3. The van der Waals surface area contributed by atoms with E-state index in [0.29, 0.717) is 28.4 Å². The molecule has 6 heteroatoms. The van der Waals surface area contributed by atoms with Crippen LogP contribution in [-0.4, -0.2) is 23.0 Å². The number of nitrogen functional groups attached to an aromatic ring is 1. The molecule has 0 atom stereocenters. The minimum absolute atomic E-state index is 0.103. The van der Waals surface area contributed by atoms with E-state index >= 15 is 0 Å². The van der Waals surface area contributed by atoms with Crippen molar-refractivity contribution in [1.82, 2.24) is 4.98 Å². The van der Waals surface area contributed by atoms with Crippen LogP contribution in [0, 0.1) is 0 Å². The molecule has 0 amide bonds. The zero-order valence-corrected chi connectivity index (χ0v) is 15.4. The van der Waals surface area contributed by atoms with Crippen LogP contribution in [0.4, 0.5) is 17.2 Å². The van der Waals surface area contributed by atoms with Crippen LogP contribution >= 0.6 is 0 Å². The molecule has 0 unspecified atom stereocenters. The van der Waals surface area contributed by atoms with Crippen molar-refractivity contribution >= 4 is 29.1 Å². The number of benzene rings is 2. The number of rotatable bonds is 7. The van der Waals surface area contributed by atoms with Crippen LogP contribution in [0.25, 0.3) is 6.08 Å². The lowest BCUT2D eigenvalue weighted by atomic mass is 10.1. The first-order valence-electron chi connectivity index (χ1n) is 8.68. The van der Waals surface area contributed by atoms with Gasteiger partial charge in [0.2, 0.25) is 0 Å². The Morgan fingerprint density at radius 2 is 2.00 bits per heavy atom. The average molecular weight is 375 g/mol. The van der Waals surface area contributed by atoms with Gasteiger partial charge in [0.15, 0.2) is 5.78 Å². The summed E-state index contributed by atoms with van der Waals surface area (Å²) in [6, 6.07) is 15.8. The predicted octanol–water partition coefficient (Wildman–Crippen LogP) is 3.80. The summed E-state index contributed by atoms with van der Waals surface area (Å²) in [5, 5.41) is 12.6. The van der Waals surface area contributed by atoms with Crippen LogP contribution < -0.4 is 15.8 Å². The summed E-state index contributed by atoms with van der Waals surface area (Å²) in [5.41, 5.74) is 9.05. The number of aliphatic hydroxyl groups excluding tert-OH is 1. The van der Waals surface area contributed by atoms with Crippen molar-refractivity contribution in [2.45, 2.75) is 6.61 Å². The molecule has 0 aliphatic rings. The van der Waals surface area contributed by atoms with Crippen molar-refractivity contribution in [2.75, 3.05) is 18.2 Å². The van der Waals surface area contributed by atoms with Crippen LogP contribution in [0.3, 0.4) is 0 Å². The number of nitrogens with zero attached hydrogens (tertiary/aromatic N) is 1. The van der Waals surface area contributed by atoms with Gasteiger partial charge in [-0.1, -0.05) is 6.07 Å². The highest BCUT2D eigenvalue weighted by molar-refractivity contribution is 6.07. The van der Waals surface area contributed by atoms with Crippen molar-refractivity contribution in [3.63, 3.8) is 0 Å². The molecule has 0 saturated carbocycles. The Bertz CT molecular complexity index is 998. The summed E-state index contributed by atoms with van der Waals surface area (Å²) in [6.45, 7) is -0.103. The predicted molar refractivity (Wildman–Crippen MR) is 111 cm³/mol. The zero-order chi connectivity index (χ0) is 19.9. The first kappa shape index (κ1) is 19.1. The largest absolute Gasteiger partial charge is 0.496 e. The molecule has 0 saturated heterocycles. The lowest BCUT2D eigenvalue weighted by Crippen LogP contribution is -1.99. The highest BCUT2D eigenvalue weighted by Crippen LogP contribution is 2.26. The van der Waals surface area contributed by atoms with Crippen LogP contribution in [0.5, 0.6) is 5.75 Å². The molecule has 28 heavy (non-hydrogen) atoms. The first-order chi connectivity index (χ1) is 13.6. The number of nitrogens with two attached hydrogens (primary N) is 1. The minimum atomic E-state index is -0.122. The van der Waals surface area contributed by atoms with E-state index in [1.807, 2.05) is 12.1 Å². The molecular formula is C22H21N3O3. The fourth-order valence-electron chi connectivity index (χ4n) is 2.66. The van der Waals surface area contributed by atoms with Crippen molar-refractivity contribution in [1.29, 1.82) is 0 Å². The molecule has 3 aromatic rings. The fourth-order valence-corrected chi connectivity index (χ4v) is 2.66. The van der Waals surface area contributed by atoms with Crippen LogP contribution in [0.1, 0.15) is 21.5 Å². The van der Waals surface area contributed by atoms with Gasteiger partial charge in [0.05, 0.1) is 13.7 Å². The van der Waals surface area contributed by atoms with E-state index < -0.39 is 0 Å². The van der Waals surface area contributed by atoms with Gasteiger partial charge in [-0.05, 0) is 54.6 Å². The standard InChI is InChI=1S/C22H21N3O3/c1-28-21-13-19(10-6-17(21)14-26)25-22-16(3-2-12-24-22)7-11-20(27)15-4-8-18(23)9-5-15/h2-13,26H,14,23H2,1H3,(H,24,25)/b11-7+. The van der Waals surface area contributed by atoms with Gasteiger partial charge < -0.3 is 20.9 Å². The third kappa shape index (κ3) is 4.55. The number of carbonyl (C=O) groups excluding carboxylic acids is 1. The van der Waals surface area contributed by atoms with Gasteiger partial charge in [0.1, 0.15) is 11.6 Å². The highest BCUT2D eigenvalue weighted by Gasteiger charge is 2.07. The number of anilines is 3. The summed E-state index contributed by atoms with van der Waals surface area (Å²) >= 11 is 0. The Hall–Kier alpha value is -3.64. The van der Waals surface area contributed by atoms with Gasteiger partial charge in [-0.25, -0.2) is 4.98 Å². The topological polar surface area (TPSA) is 97.5 Å². The molecule has 0 spiro atoms. The monoisotopic (exact) mass is 375 g/mol. The number of aromatic nitrogens is 1. The second kappa shape index (κ2) is 8.83. The normalized spacial score (nSPS) is 10.8. The number of ketones is 1. The molecular weight excluding hydrogens is 354 g/mol. The summed E-state index contributed by atoms with van der Waals surface area (Å²) in [5.74, 6) is 1.06. The van der Waals surface area contributed by atoms with E-state index in [2.05, 4.69) is 10.3 Å². The number of allylic oxidation sites excluding steroid dienone is 1. The van der Waals surface area contributed by atoms with Crippen molar-refractivity contribution in [2.24, 2.45) is 0 Å². The van der Waals surface area contributed by atoms with Crippen LogP contribution in [-0.2, 0) is 6.61 Å². The summed E-state index contributed by atoms with van der Waals surface area (Å²) in [6.07, 6.45) is 4.89. The smallest absolute Gasteiger partial charge is 0.185 e. The Morgan fingerprint density at radius 1 is 1.21 bits per heavy atom. The van der Waals surface area contributed by atoms with Crippen molar-refractivity contribution < 1.29 is 14.6 Å². The Morgan fingerprint density at radius 3 is 2.71 bits per heavy atom. The Balaban J connectivity index is 1.81. The molecule has 3 rings (SSSR count). The molecule has 4 N–H and O–H groups in total. The third-order valence-corrected chi connectivity index (χ3v) is 4.17. The van der Waals surface area contributed by atoms with E-state index in [1.54, 1.807) is 61.8 Å². The van der Waals surface area contributed by atoms with Crippen LogP contribution in [0.2, 0.25) is 0 Å². The SMILES string of the molecule is COc1cc(Nc2ncccc2/C=C/C(=O)c2ccc(N)cc2)ccc1CO.